The molecule has 0 aromatic heterocycles. The van der Waals surface area contributed by atoms with Crippen molar-refractivity contribution in [2.45, 2.75) is 13.3 Å². The van der Waals surface area contributed by atoms with Crippen molar-refractivity contribution in [3.8, 4) is 0 Å². The molecule has 1 aliphatic rings. The summed E-state index contributed by atoms with van der Waals surface area (Å²) in [5, 5.41) is 0. The van der Waals surface area contributed by atoms with E-state index < -0.39 is 10.0 Å². The SMILES string of the molecule is C/C(=C/C(=O)N1CCCN(S(C)(=O)=O)CC1)c1ccc(F)cc1. The summed E-state index contributed by atoms with van der Waals surface area (Å²) in [5.41, 5.74) is 1.53. The van der Waals surface area contributed by atoms with Crippen molar-refractivity contribution in [2.24, 2.45) is 0 Å². The molecule has 0 atom stereocenters. The van der Waals surface area contributed by atoms with Gasteiger partial charge in [-0.1, -0.05) is 12.1 Å². The van der Waals surface area contributed by atoms with Crippen LogP contribution in [0.3, 0.4) is 0 Å². The fourth-order valence-corrected chi connectivity index (χ4v) is 3.39. The predicted molar refractivity (Wildman–Crippen MR) is 87.7 cm³/mol. The Kier molecular flexibility index (Phi) is 5.54. The third kappa shape index (κ3) is 4.87. The molecule has 0 spiro atoms. The van der Waals surface area contributed by atoms with E-state index in [1.807, 2.05) is 0 Å². The van der Waals surface area contributed by atoms with Crippen LogP contribution in [0.1, 0.15) is 18.9 Å². The van der Waals surface area contributed by atoms with Gasteiger partial charge in [0, 0.05) is 32.3 Å². The maximum Gasteiger partial charge on any atom is 0.246 e. The van der Waals surface area contributed by atoms with Gasteiger partial charge in [0.15, 0.2) is 0 Å². The molecule has 23 heavy (non-hydrogen) atoms. The predicted octanol–water partition coefficient (Wildman–Crippen LogP) is 1.72. The summed E-state index contributed by atoms with van der Waals surface area (Å²) in [5.74, 6) is -0.469. The molecular weight excluding hydrogens is 319 g/mol. The third-order valence-corrected chi connectivity index (χ3v) is 5.18. The Hall–Kier alpha value is -1.73. The van der Waals surface area contributed by atoms with Crippen LogP contribution >= 0.6 is 0 Å². The molecule has 1 aromatic carbocycles. The molecule has 1 aliphatic heterocycles. The van der Waals surface area contributed by atoms with Crippen LogP contribution in [0.25, 0.3) is 5.57 Å². The van der Waals surface area contributed by atoms with Gasteiger partial charge in [0.1, 0.15) is 5.82 Å². The largest absolute Gasteiger partial charge is 0.338 e. The quantitative estimate of drug-likeness (QED) is 0.788. The number of benzene rings is 1. The lowest BCUT2D eigenvalue weighted by atomic mass is 10.1. The van der Waals surface area contributed by atoms with E-state index in [1.165, 1.54) is 28.8 Å². The van der Waals surface area contributed by atoms with Crippen molar-refractivity contribution in [1.82, 2.24) is 9.21 Å². The van der Waals surface area contributed by atoms with Crippen molar-refractivity contribution in [3.63, 3.8) is 0 Å². The summed E-state index contributed by atoms with van der Waals surface area (Å²) >= 11 is 0. The molecule has 1 saturated heterocycles. The molecule has 1 aromatic rings. The molecule has 0 radical (unpaired) electrons. The van der Waals surface area contributed by atoms with Gasteiger partial charge in [-0.25, -0.2) is 17.1 Å². The van der Waals surface area contributed by atoms with Crippen LogP contribution in [-0.2, 0) is 14.8 Å². The number of nitrogens with zero attached hydrogens (tertiary/aromatic N) is 2. The Labute approximate surface area is 136 Å². The van der Waals surface area contributed by atoms with Gasteiger partial charge >= 0.3 is 0 Å². The van der Waals surface area contributed by atoms with Gasteiger partial charge < -0.3 is 4.90 Å². The Morgan fingerprint density at radius 2 is 1.78 bits per heavy atom. The summed E-state index contributed by atoms with van der Waals surface area (Å²) in [6, 6.07) is 5.96. The van der Waals surface area contributed by atoms with Gasteiger partial charge in [-0.15, -0.1) is 0 Å². The number of rotatable bonds is 3. The Morgan fingerprint density at radius 1 is 1.13 bits per heavy atom. The highest BCUT2D eigenvalue weighted by molar-refractivity contribution is 7.88. The molecule has 0 saturated carbocycles. The Bertz CT molecular complexity index is 699. The average Bonchev–Trinajstić information content (AvgIpc) is 2.73. The molecule has 0 unspecified atom stereocenters. The smallest absolute Gasteiger partial charge is 0.246 e. The topological polar surface area (TPSA) is 57.7 Å². The molecule has 2 rings (SSSR count). The Balaban J connectivity index is 2.05. The van der Waals surface area contributed by atoms with Crippen LogP contribution in [0.2, 0.25) is 0 Å². The van der Waals surface area contributed by atoms with Crippen molar-refractivity contribution in [3.05, 3.63) is 41.7 Å². The lowest BCUT2D eigenvalue weighted by Crippen LogP contribution is -2.36. The number of hydrogen-bond acceptors (Lipinski definition) is 3. The second-order valence-corrected chi connectivity index (χ2v) is 7.66. The van der Waals surface area contributed by atoms with E-state index in [2.05, 4.69) is 0 Å². The van der Waals surface area contributed by atoms with E-state index in [4.69, 9.17) is 0 Å². The molecule has 5 nitrogen and oxygen atoms in total. The van der Waals surface area contributed by atoms with Gasteiger partial charge in [0.2, 0.25) is 15.9 Å². The van der Waals surface area contributed by atoms with Crippen LogP contribution in [0.4, 0.5) is 4.39 Å². The molecule has 0 aliphatic carbocycles. The van der Waals surface area contributed by atoms with E-state index in [0.717, 1.165) is 11.1 Å². The highest BCUT2D eigenvalue weighted by Gasteiger charge is 2.23. The molecule has 0 N–H and O–H groups in total. The number of halogens is 1. The van der Waals surface area contributed by atoms with E-state index in [1.54, 1.807) is 24.0 Å². The van der Waals surface area contributed by atoms with Crippen molar-refractivity contribution >= 4 is 21.5 Å². The third-order valence-electron chi connectivity index (χ3n) is 3.88. The molecule has 1 fully saturated rings. The second-order valence-electron chi connectivity index (χ2n) is 5.68. The number of sulfonamides is 1. The fraction of sp³-hybridized carbons (Fsp3) is 0.438. The van der Waals surface area contributed by atoms with Gasteiger partial charge in [0.25, 0.3) is 0 Å². The fourth-order valence-electron chi connectivity index (χ4n) is 2.52. The first-order valence-electron chi connectivity index (χ1n) is 7.45. The normalized spacial score (nSPS) is 17.9. The number of hydrogen-bond donors (Lipinski definition) is 0. The van der Waals surface area contributed by atoms with E-state index in [9.17, 15) is 17.6 Å². The lowest BCUT2D eigenvalue weighted by Gasteiger charge is -2.20. The molecule has 1 amide bonds. The van der Waals surface area contributed by atoms with Crippen LogP contribution in [0, 0.1) is 5.82 Å². The molecule has 1 heterocycles. The molecule has 0 bridgehead atoms. The number of carbonyl (C=O) groups is 1. The number of allylic oxidation sites excluding steroid dienone is 1. The molecule has 7 heteroatoms. The first-order chi connectivity index (χ1) is 10.8. The standard InChI is InChI=1S/C16H21FN2O3S/c1-13(14-4-6-15(17)7-5-14)12-16(20)18-8-3-9-19(11-10-18)23(2,21)22/h4-7,12H,3,8-11H2,1-2H3/b13-12-. The van der Waals surface area contributed by atoms with Gasteiger partial charge in [0.05, 0.1) is 6.26 Å². The first-order valence-corrected chi connectivity index (χ1v) is 9.30. The summed E-state index contributed by atoms with van der Waals surface area (Å²) < 4.78 is 37.5. The van der Waals surface area contributed by atoms with Crippen molar-refractivity contribution < 1.29 is 17.6 Å². The Morgan fingerprint density at radius 3 is 2.39 bits per heavy atom. The van der Waals surface area contributed by atoms with E-state index in [-0.39, 0.29) is 11.7 Å². The van der Waals surface area contributed by atoms with Crippen LogP contribution < -0.4 is 0 Å². The minimum atomic E-state index is -3.22. The zero-order chi connectivity index (χ0) is 17.0. The van der Waals surface area contributed by atoms with Gasteiger partial charge in [-0.3, -0.25) is 4.79 Å². The zero-order valence-electron chi connectivity index (χ0n) is 13.3. The van der Waals surface area contributed by atoms with Crippen molar-refractivity contribution in [1.29, 1.82) is 0 Å². The maximum atomic E-state index is 12.9. The highest BCUT2D eigenvalue weighted by atomic mass is 32.2. The van der Waals surface area contributed by atoms with Crippen LogP contribution in [-0.4, -0.2) is 56.0 Å². The van der Waals surface area contributed by atoms with Crippen molar-refractivity contribution in [2.75, 3.05) is 32.4 Å². The first kappa shape index (κ1) is 17.6. The summed E-state index contributed by atoms with van der Waals surface area (Å²) in [6.45, 7) is 3.44. The lowest BCUT2D eigenvalue weighted by molar-refractivity contribution is -0.125. The van der Waals surface area contributed by atoms with E-state index in [0.29, 0.717) is 32.6 Å². The van der Waals surface area contributed by atoms with Gasteiger partial charge in [-0.2, -0.15) is 0 Å². The molecular formula is C16H21FN2O3S. The van der Waals surface area contributed by atoms with E-state index >= 15 is 0 Å². The monoisotopic (exact) mass is 340 g/mol. The molecule has 126 valence electrons. The minimum absolute atomic E-state index is 0.151. The summed E-state index contributed by atoms with van der Waals surface area (Å²) in [4.78, 5) is 14.0. The zero-order valence-corrected chi connectivity index (χ0v) is 14.1. The number of amides is 1. The second kappa shape index (κ2) is 7.23. The van der Waals surface area contributed by atoms with Gasteiger partial charge in [-0.05, 0) is 36.6 Å². The summed E-state index contributed by atoms with van der Waals surface area (Å²) in [6.07, 6.45) is 3.31. The minimum Gasteiger partial charge on any atom is -0.338 e. The summed E-state index contributed by atoms with van der Waals surface area (Å²) in [7, 11) is -3.22. The van der Waals surface area contributed by atoms with Crippen LogP contribution in [0.15, 0.2) is 30.3 Å². The average molecular weight is 340 g/mol. The maximum absolute atomic E-state index is 12.9. The highest BCUT2D eigenvalue weighted by Crippen LogP contribution is 2.15. The van der Waals surface area contributed by atoms with Crippen LogP contribution in [0.5, 0.6) is 0 Å². The number of carbonyl (C=O) groups excluding carboxylic acids is 1.